The van der Waals surface area contributed by atoms with Gasteiger partial charge in [0.15, 0.2) is 17.5 Å². The lowest BCUT2D eigenvalue weighted by atomic mass is 9.96. The van der Waals surface area contributed by atoms with Crippen LogP contribution in [0.5, 0.6) is 23.0 Å². The van der Waals surface area contributed by atoms with Crippen LogP contribution in [0.15, 0.2) is 60.7 Å². The molecular formula is C40H51N5O10. The predicted octanol–water partition coefficient (Wildman–Crippen LogP) is 5.36. The number of carboxylic acids is 1. The van der Waals surface area contributed by atoms with Crippen LogP contribution in [0.2, 0.25) is 0 Å². The van der Waals surface area contributed by atoms with E-state index in [0.717, 1.165) is 31.7 Å². The molecule has 2 heterocycles. The Kier molecular flexibility index (Phi) is 15.8. The summed E-state index contributed by atoms with van der Waals surface area (Å²) >= 11 is 0. The Bertz CT molecular complexity index is 1800. The number of nitrogens with zero attached hydrogens (tertiary/aromatic N) is 1. The Labute approximate surface area is 320 Å². The molecule has 2 aliphatic heterocycles. The second-order valence-corrected chi connectivity index (χ2v) is 13.7. The van der Waals surface area contributed by atoms with Gasteiger partial charge >= 0.3 is 11.7 Å². The lowest BCUT2D eigenvalue weighted by molar-refractivity contribution is -0.385. The third kappa shape index (κ3) is 12.2. The first-order valence-electron chi connectivity index (χ1n) is 18.7. The van der Waals surface area contributed by atoms with Gasteiger partial charge in [-0.2, -0.15) is 0 Å². The fourth-order valence-electron chi connectivity index (χ4n) is 6.53. The number of nitrogens with two attached hydrogens (primary N) is 1. The van der Waals surface area contributed by atoms with Gasteiger partial charge in [0, 0.05) is 18.9 Å². The summed E-state index contributed by atoms with van der Waals surface area (Å²) in [5.74, 6) is -4.90. The molecule has 0 spiro atoms. The van der Waals surface area contributed by atoms with Gasteiger partial charge in [0.2, 0.25) is 29.2 Å². The van der Waals surface area contributed by atoms with Crippen molar-refractivity contribution < 1.29 is 43.8 Å². The Morgan fingerprint density at radius 1 is 0.964 bits per heavy atom. The molecule has 15 heteroatoms. The quantitative estimate of drug-likeness (QED) is 0.0582. The highest BCUT2D eigenvalue weighted by molar-refractivity contribution is 5.91. The van der Waals surface area contributed by atoms with E-state index in [1.165, 1.54) is 57.1 Å². The minimum absolute atomic E-state index is 0.0249. The first-order valence-corrected chi connectivity index (χ1v) is 18.7. The fraction of sp³-hybridized carbons (Fsp3) is 0.450. The summed E-state index contributed by atoms with van der Waals surface area (Å²) in [5, 5.41) is 41.7. The van der Waals surface area contributed by atoms with Crippen LogP contribution in [-0.2, 0) is 32.0 Å². The van der Waals surface area contributed by atoms with Gasteiger partial charge in [-0.15, -0.1) is 0 Å². The number of nitrogens with one attached hydrogen (secondary N) is 3. The second-order valence-electron chi connectivity index (χ2n) is 13.7. The summed E-state index contributed by atoms with van der Waals surface area (Å²) in [4.78, 5) is 65.3. The maximum atomic E-state index is 14.2. The molecule has 5 rings (SSSR count). The van der Waals surface area contributed by atoms with Gasteiger partial charge in [-0.25, -0.2) is 4.79 Å². The smallest absolute Gasteiger partial charge is 0.328 e. The second kappa shape index (κ2) is 20.7. The number of ether oxygens (including phenoxy) is 2. The molecule has 0 saturated heterocycles. The number of fused-ring (bicyclic) bond motifs is 9. The molecule has 296 valence electrons. The summed E-state index contributed by atoms with van der Waals surface area (Å²) in [7, 11) is 1.23. The van der Waals surface area contributed by atoms with Crippen LogP contribution in [0.4, 0.5) is 5.69 Å². The molecule has 0 saturated carbocycles. The first-order chi connectivity index (χ1) is 26.4. The van der Waals surface area contributed by atoms with Gasteiger partial charge in [-0.3, -0.25) is 24.5 Å². The van der Waals surface area contributed by atoms with Gasteiger partial charge < -0.3 is 41.4 Å². The normalized spacial score (nSPS) is 17.7. The zero-order valence-corrected chi connectivity index (χ0v) is 31.3. The van der Waals surface area contributed by atoms with Crippen molar-refractivity contribution in [3.63, 3.8) is 0 Å². The van der Waals surface area contributed by atoms with Crippen molar-refractivity contribution in [2.45, 2.75) is 108 Å². The minimum Gasteiger partial charge on any atom is -0.504 e. The van der Waals surface area contributed by atoms with E-state index in [1.807, 2.05) is 0 Å². The van der Waals surface area contributed by atoms with E-state index in [0.29, 0.717) is 17.5 Å². The van der Waals surface area contributed by atoms with Crippen molar-refractivity contribution in [1.82, 2.24) is 16.0 Å². The summed E-state index contributed by atoms with van der Waals surface area (Å²) in [6.45, 7) is 2.16. The zero-order valence-electron chi connectivity index (χ0n) is 31.3. The average Bonchev–Trinajstić information content (AvgIpc) is 3.15. The van der Waals surface area contributed by atoms with E-state index in [4.69, 9.17) is 15.2 Å². The monoisotopic (exact) mass is 761 g/mol. The summed E-state index contributed by atoms with van der Waals surface area (Å²) in [5.41, 5.74) is 6.71. The number of carboxylic acid groups (broad SMARTS) is 1. The Morgan fingerprint density at radius 3 is 2.27 bits per heavy atom. The van der Waals surface area contributed by atoms with Crippen molar-refractivity contribution in [2.24, 2.45) is 5.73 Å². The van der Waals surface area contributed by atoms with Crippen molar-refractivity contribution in [2.75, 3.05) is 7.11 Å². The van der Waals surface area contributed by atoms with Gasteiger partial charge in [0.25, 0.3) is 0 Å². The van der Waals surface area contributed by atoms with Crippen LogP contribution >= 0.6 is 0 Å². The Hall–Kier alpha value is -5.70. The number of aliphatic carboxylic acids is 1. The number of amides is 3. The molecule has 7 N–H and O–H groups in total. The van der Waals surface area contributed by atoms with Crippen LogP contribution in [0, 0.1) is 10.1 Å². The molecule has 55 heavy (non-hydrogen) atoms. The van der Waals surface area contributed by atoms with E-state index >= 15 is 0 Å². The molecular weight excluding hydrogens is 710 g/mol. The van der Waals surface area contributed by atoms with E-state index < -0.39 is 64.2 Å². The van der Waals surface area contributed by atoms with Gasteiger partial charge in [0.05, 0.1) is 24.1 Å². The van der Waals surface area contributed by atoms with Crippen molar-refractivity contribution in [1.29, 1.82) is 0 Å². The number of unbranched alkanes of at least 4 members (excludes halogenated alkanes) is 8. The molecule has 0 aromatic heterocycles. The largest absolute Gasteiger partial charge is 0.504 e. The predicted molar refractivity (Wildman–Crippen MR) is 204 cm³/mol. The number of hydrogen-bond acceptors (Lipinski definition) is 10. The Morgan fingerprint density at radius 2 is 1.64 bits per heavy atom. The number of hydrogen-bond donors (Lipinski definition) is 6. The molecule has 0 aliphatic carbocycles. The number of methoxy groups -OCH3 is 1. The molecule has 4 atom stereocenters. The summed E-state index contributed by atoms with van der Waals surface area (Å²) in [6, 6.07) is 9.29. The van der Waals surface area contributed by atoms with E-state index in [9.17, 15) is 39.5 Å². The molecule has 0 fully saturated rings. The fourth-order valence-corrected chi connectivity index (χ4v) is 6.53. The summed E-state index contributed by atoms with van der Waals surface area (Å²) < 4.78 is 11.3. The standard InChI is InChI=1S/C40H51N5O10/c1-3-4-5-6-7-8-9-10-14-17-34(47)43-36(40(50)51)35-27-23-31(46)37(54-2)33(24-27)55-32-19-18-26(22-30(32)45(52)53)20-28(41)38(48)42-29(39(49)44-35)21-25-15-12-11-13-16-25/h11-13,15-16,18-19,22-24,28-29,35-36,46H,3-10,14,17,20-21,41H2,1-2H3,(H,42,48)(H,43,47)(H,44,49)(H,50,51)/t28-,29+,35-,36-/m1/s1. The lowest BCUT2D eigenvalue weighted by Crippen LogP contribution is -2.56. The average molecular weight is 762 g/mol. The molecule has 2 aliphatic rings. The highest BCUT2D eigenvalue weighted by Gasteiger charge is 2.36. The van der Waals surface area contributed by atoms with Crippen molar-refractivity contribution >= 4 is 29.4 Å². The van der Waals surface area contributed by atoms with Crippen molar-refractivity contribution in [3.8, 4) is 23.0 Å². The molecule has 0 unspecified atom stereocenters. The van der Waals surface area contributed by atoms with Crippen LogP contribution in [0.25, 0.3) is 0 Å². The highest BCUT2D eigenvalue weighted by atomic mass is 16.6. The number of phenols is 1. The molecule has 4 bridgehead atoms. The SMILES string of the molecule is CCCCCCCCCCCC(=O)N[C@@H](C(=O)O)[C@@H]1NC(=O)[C@H](Cc2ccccc2)NC(=O)[C@H](N)Cc2ccc(c([N+](=O)[O-])c2)Oc2cc1cc(O)c2OC. The number of aromatic hydroxyl groups is 1. The molecule has 3 aromatic rings. The molecule has 3 amide bonds. The molecule has 0 radical (unpaired) electrons. The van der Waals surface area contributed by atoms with Crippen LogP contribution in [0.1, 0.15) is 93.9 Å². The number of benzene rings is 3. The van der Waals surface area contributed by atoms with E-state index in [2.05, 4.69) is 22.9 Å². The van der Waals surface area contributed by atoms with E-state index in [1.54, 1.807) is 30.3 Å². The third-order valence-electron chi connectivity index (χ3n) is 9.49. The number of carbonyl (C=O) groups excluding carboxylic acids is 3. The van der Waals surface area contributed by atoms with Crippen LogP contribution in [-0.4, -0.2) is 64.1 Å². The zero-order chi connectivity index (χ0) is 39.9. The minimum atomic E-state index is -1.78. The van der Waals surface area contributed by atoms with Crippen LogP contribution in [0.3, 0.4) is 0 Å². The third-order valence-corrected chi connectivity index (χ3v) is 9.49. The topological polar surface area (TPSA) is 232 Å². The van der Waals surface area contributed by atoms with Gasteiger partial charge in [0.1, 0.15) is 6.04 Å². The maximum absolute atomic E-state index is 14.2. The van der Waals surface area contributed by atoms with Crippen molar-refractivity contribution in [3.05, 3.63) is 87.5 Å². The number of nitro groups is 1. The first kappa shape index (κ1) is 42.0. The van der Waals surface area contributed by atoms with Gasteiger partial charge in [-0.1, -0.05) is 94.7 Å². The number of phenolic OH excluding ortho intramolecular Hbond substituents is 1. The lowest BCUT2D eigenvalue weighted by Gasteiger charge is -2.30. The molecule has 3 aromatic carbocycles. The maximum Gasteiger partial charge on any atom is 0.328 e. The molecule has 15 nitrogen and oxygen atoms in total. The number of carbonyl (C=O) groups is 4. The highest BCUT2D eigenvalue weighted by Crippen LogP contribution is 2.44. The number of rotatable bonds is 17. The Balaban J connectivity index is 1.73. The van der Waals surface area contributed by atoms with E-state index in [-0.39, 0.29) is 42.1 Å². The number of nitro benzene ring substituents is 1. The van der Waals surface area contributed by atoms with Gasteiger partial charge in [-0.05, 0) is 47.7 Å². The summed E-state index contributed by atoms with van der Waals surface area (Å²) in [6.07, 6.45) is 9.02. The van der Waals surface area contributed by atoms with Crippen LogP contribution < -0.4 is 31.2 Å².